The van der Waals surface area contributed by atoms with Crippen LogP contribution in [0.15, 0.2) is 34.5 Å². The molecule has 0 saturated carbocycles. The molecule has 0 amide bonds. The zero-order chi connectivity index (χ0) is 14.9. The maximum absolute atomic E-state index is 11.8. The quantitative estimate of drug-likeness (QED) is 0.478. The van der Waals surface area contributed by atoms with Gasteiger partial charge in [0, 0.05) is 18.7 Å². The molecule has 0 unspecified atom stereocenters. The number of hydrogen-bond donors (Lipinski definition) is 4. The van der Waals surface area contributed by atoms with Gasteiger partial charge in [-0.25, -0.2) is 4.79 Å². The van der Waals surface area contributed by atoms with Crippen LogP contribution in [-0.2, 0) is 4.74 Å². The molecule has 8 heteroatoms. The van der Waals surface area contributed by atoms with E-state index in [1.807, 2.05) is 4.98 Å². The van der Waals surface area contributed by atoms with E-state index >= 15 is 0 Å². The molecule has 1 aromatic rings. The smallest absolute Gasteiger partial charge is 0.330 e. The van der Waals surface area contributed by atoms with Gasteiger partial charge in [-0.2, -0.15) is 0 Å². The summed E-state index contributed by atoms with van der Waals surface area (Å²) in [6.07, 6.45) is -1.20. The normalized spacial score (nSPS) is 33.2. The number of nitrogens with zero attached hydrogens (tertiary/aromatic N) is 1. The van der Waals surface area contributed by atoms with Crippen LogP contribution >= 0.6 is 0 Å². The van der Waals surface area contributed by atoms with Crippen LogP contribution < -0.4 is 11.2 Å². The molecule has 2 heterocycles. The van der Waals surface area contributed by atoms with Gasteiger partial charge < -0.3 is 20.1 Å². The van der Waals surface area contributed by atoms with Gasteiger partial charge in [-0.05, 0) is 0 Å². The van der Waals surface area contributed by atoms with E-state index in [9.17, 15) is 19.8 Å². The van der Waals surface area contributed by atoms with Crippen LogP contribution in [0, 0.1) is 0 Å². The summed E-state index contributed by atoms with van der Waals surface area (Å²) in [5.41, 5.74) is -3.19. The van der Waals surface area contributed by atoms with Crippen LogP contribution in [0.2, 0.25) is 0 Å². The molecule has 1 aromatic heterocycles. The largest absolute Gasteiger partial charge is 0.394 e. The molecule has 0 radical (unpaired) electrons. The molecule has 0 aromatic carbocycles. The summed E-state index contributed by atoms with van der Waals surface area (Å²) >= 11 is 0. The Morgan fingerprint density at radius 2 is 2.25 bits per heavy atom. The number of aliphatic hydroxyl groups excluding tert-OH is 2. The van der Waals surface area contributed by atoms with Crippen molar-refractivity contribution in [3.8, 4) is 0 Å². The van der Waals surface area contributed by atoms with Gasteiger partial charge >= 0.3 is 5.69 Å². The van der Waals surface area contributed by atoms with Crippen LogP contribution in [0.5, 0.6) is 0 Å². The maximum Gasteiger partial charge on any atom is 0.330 e. The highest BCUT2D eigenvalue weighted by Crippen LogP contribution is 2.40. The standard InChI is InChI=1S/C12H16N2O6/c1-2-4-12(19)9(17)7(6-15)20-10(12)14-5-3-8(16)13-11(14)18/h2-3,5,7,9-10,15,17,19H,1,4,6H2,(H,13,16,18)/t7-,9-,10-,12-/m1/s1. The van der Waals surface area contributed by atoms with Crippen LogP contribution in [0.25, 0.3) is 0 Å². The third-order valence-corrected chi connectivity index (χ3v) is 3.35. The van der Waals surface area contributed by atoms with Gasteiger partial charge in [-0.3, -0.25) is 14.3 Å². The third kappa shape index (κ3) is 2.22. The van der Waals surface area contributed by atoms with Crippen molar-refractivity contribution >= 4 is 0 Å². The lowest BCUT2D eigenvalue weighted by Crippen LogP contribution is -2.48. The van der Waals surface area contributed by atoms with E-state index in [2.05, 4.69) is 6.58 Å². The number of rotatable bonds is 4. The Labute approximate surface area is 113 Å². The average Bonchev–Trinajstić information content (AvgIpc) is 2.63. The molecule has 4 N–H and O–H groups in total. The number of H-pyrrole nitrogens is 1. The van der Waals surface area contributed by atoms with Crippen LogP contribution in [-0.4, -0.2) is 49.3 Å². The van der Waals surface area contributed by atoms with E-state index in [1.54, 1.807) is 0 Å². The first-order valence-corrected chi connectivity index (χ1v) is 6.03. The lowest BCUT2D eigenvalue weighted by atomic mass is 9.90. The van der Waals surface area contributed by atoms with Gasteiger partial charge in [0.25, 0.3) is 5.56 Å². The number of hydrogen-bond acceptors (Lipinski definition) is 6. The van der Waals surface area contributed by atoms with Crippen LogP contribution in [0.3, 0.4) is 0 Å². The van der Waals surface area contributed by atoms with Crippen molar-refractivity contribution in [2.45, 2.75) is 30.5 Å². The molecule has 2 rings (SSSR count). The Morgan fingerprint density at radius 3 is 2.80 bits per heavy atom. The molecule has 20 heavy (non-hydrogen) atoms. The molecule has 1 fully saturated rings. The van der Waals surface area contributed by atoms with Gasteiger partial charge in [0.15, 0.2) is 6.23 Å². The summed E-state index contributed by atoms with van der Waals surface area (Å²) in [6, 6.07) is 1.09. The first-order valence-electron chi connectivity index (χ1n) is 6.03. The lowest BCUT2D eigenvalue weighted by molar-refractivity contribution is -0.108. The lowest BCUT2D eigenvalue weighted by Gasteiger charge is -2.30. The van der Waals surface area contributed by atoms with Crippen molar-refractivity contribution < 1.29 is 20.1 Å². The Hall–Kier alpha value is -1.74. The molecule has 1 saturated heterocycles. The summed E-state index contributed by atoms with van der Waals surface area (Å²) in [5.74, 6) is 0. The topological polar surface area (TPSA) is 125 Å². The van der Waals surface area contributed by atoms with Crippen molar-refractivity contribution in [3.63, 3.8) is 0 Å². The van der Waals surface area contributed by atoms with Crippen LogP contribution in [0.4, 0.5) is 0 Å². The van der Waals surface area contributed by atoms with Crippen molar-refractivity contribution in [3.05, 3.63) is 45.8 Å². The highest BCUT2D eigenvalue weighted by Gasteiger charge is 2.55. The number of ether oxygens (including phenoxy) is 1. The SMILES string of the molecule is C=CC[C@@]1(O)[C@H](O)[C@@H](CO)O[C@H]1n1ccc(=O)[nH]c1=O. The zero-order valence-corrected chi connectivity index (χ0v) is 10.6. The van der Waals surface area contributed by atoms with E-state index in [0.717, 1.165) is 16.8 Å². The van der Waals surface area contributed by atoms with Crippen molar-refractivity contribution in [1.29, 1.82) is 0 Å². The van der Waals surface area contributed by atoms with Crippen molar-refractivity contribution in [2.24, 2.45) is 0 Å². The Balaban J connectivity index is 2.50. The molecule has 8 nitrogen and oxygen atoms in total. The number of aromatic amines is 1. The molecule has 1 aliphatic heterocycles. The fraction of sp³-hybridized carbons (Fsp3) is 0.500. The second-order valence-electron chi connectivity index (χ2n) is 4.66. The molecule has 1 aliphatic rings. The third-order valence-electron chi connectivity index (χ3n) is 3.35. The Kier molecular flexibility index (Phi) is 3.91. The minimum absolute atomic E-state index is 0.0547. The van der Waals surface area contributed by atoms with Gasteiger partial charge in [0.2, 0.25) is 0 Å². The molecule has 0 aliphatic carbocycles. The fourth-order valence-corrected chi connectivity index (χ4v) is 2.34. The first kappa shape index (κ1) is 14.7. The predicted octanol–water partition coefficient (Wildman–Crippen LogP) is -1.91. The average molecular weight is 284 g/mol. The monoisotopic (exact) mass is 284 g/mol. The van der Waals surface area contributed by atoms with Gasteiger partial charge in [0.1, 0.15) is 17.8 Å². The maximum atomic E-state index is 11.8. The van der Waals surface area contributed by atoms with Gasteiger partial charge in [0.05, 0.1) is 6.61 Å². The van der Waals surface area contributed by atoms with Crippen molar-refractivity contribution in [2.75, 3.05) is 6.61 Å². The number of aromatic nitrogens is 2. The fourth-order valence-electron chi connectivity index (χ4n) is 2.34. The molecular weight excluding hydrogens is 268 g/mol. The molecular formula is C12H16N2O6. The molecule has 4 atom stereocenters. The van der Waals surface area contributed by atoms with Crippen molar-refractivity contribution in [1.82, 2.24) is 9.55 Å². The van der Waals surface area contributed by atoms with E-state index in [-0.39, 0.29) is 6.42 Å². The summed E-state index contributed by atoms with van der Waals surface area (Å²) in [7, 11) is 0. The second-order valence-corrected chi connectivity index (χ2v) is 4.66. The van der Waals surface area contributed by atoms with Crippen LogP contribution in [0.1, 0.15) is 12.6 Å². The summed E-state index contributed by atoms with van der Waals surface area (Å²) in [6.45, 7) is 2.97. The number of nitrogens with one attached hydrogen (secondary N) is 1. The van der Waals surface area contributed by atoms with E-state index < -0.39 is 41.9 Å². The van der Waals surface area contributed by atoms with Gasteiger partial charge in [-0.15, -0.1) is 6.58 Å². The highest BCUT2D eigenvalue weighted by molar-refractivity contribution is 5.05. The van der Waals surface area contributed by atoms with E-state index in [0.29, 0.717) is 0 Å². The minimum Gasteiger partial charge on any atom is -0.394 e. The van der Waals surface area contributed by atoms with Gasteiger partial charge in [-0.1, -0.05) is 6.08 Å². The predicted molar refractivity (Wildman–Crippen MR) is 68.1 cm³/mol. The Bertz CT molecular complexity index is 608. The second kappa shape index (κ2) is 5.33. The Morgan fingerprint density at radius 1 is 1.55 bits per heavy atom. The summed E-state index contributed by atoms with van der Waals surface area (Å²) < 4.78 is 6.30. The zero-order valence-electron chi connectivity index (χ0n) is 10.6. The summed E-state index contributed by atoms with van der Waals surface area (Å²) in [4.78, 5) is 24.9. The molecule has 0 spiro atoms. The van der Waals surface area contributed by atoms with E-state index in [4.69, 9.17) is 9.84 Å². The minimum atomic E-state index is -1.82. The molecule has 0 bridgehead atoms. The molecule has 110 valence electrons. The summed E-state index contributed by atoms with van der Waals surface area (Å²) in [5, 5.41) is 29.8. The highest BCUT2D eigenvalue weighted by atomic mass is 16.6. The van der Waals surface area contributed by atoms with E-state index in [1.165, 1.54) is 6.08 Å². The first-order chi connectivity index (χ1) is 9.43. The number of aliphatic hydroxyl groups is 3.